The van der Waals surface area contributed by atoms with E-state index in [0.29, 0.717) is 18.6 Å². The van der Waals surface area contributed by atoms with Crippen molar-refractivity contribution in [3.05, 3.63) is 41.3 Å². The van der Waals surface area contributed by atoms with E-state index in [4.69, 9.17) is 19.4 Å². The Morgan fingerprint density at radius 2 is 1.97 bits per heavy atom. The van der Waals surface area contributed by atoms with Crippen molar-refractivity contribution in [2.45, 2.75) is 65.0 Å². The lowest BCUT2D eigenvalue weighted by atomic mass is 9.91. The van der Waals surface area contributed by atoms with E-state index >= 15 is 0 Å². The van der Waals surface area contributed by atoms with Crippen LogP contribution in [-0.4, -0.2) is 92.4 Å². The lowest BCUT2D eigenvalue weighted by Gasteiger charge is -2.44. The number of aryl methyl sites for hydroxylation is 1. The molecule has 4 rings (SSSR count). The first kappa shape index (κ1) is 28.7. The molecule has 1 unspecified atom stereocenters. The van der Waals surface area contributed by atoms with E-state index in [1.165, 1.54) is 24.2 Å². The molecule has 0 bridgehead atoms. The summed E-state index contributed by atoms with van der Waals surface area (Å²) >= 11 is 0. The van der Waals surface area contributed by atoms with Crippen LogP contribution in [0, 0.1) is 0 Å². The standard InChI is InChI=1S/C30H48N6O2/c1-6-9-24-18-25(19-28(32-24)23-20-36(21-23)26(7-2)11-13-34(4)8-3)33-30-27(22-37-5)29(10-12-31-30)35-14-16-38-17-15-35/h10,12,18-19,23,26H,6-9,11,13-17,20-22H2,1-5H3,(H,31,32,33). The lowest BCUT2D eigenvalue weighted by molar-refractivity contribution is 0.0763. The van der Waals surface area contributed by atoms with Crippen LogP contribution in [0.1, 0.15) is 62.9 Å². The van der Waals surface area contributed by atoms with Gasteiger partial charge in [0.2, 0.25) is 0 Å². The SMILES string of the molecule is CCCc1cc(Nc2nccc(N3CCOCC3)c2COC)cc(C2CN(C(CC)CCN(C)CC)C2)n1. The number of nitrogens with one attached hydrogen (secondary N) is 1. The van der Waals surface area contributed by atoms with E-state index in [2.05, 4.69) is 66.0 Å². The highest BCUT2D eigenvalue weighted by Crippen LogP contribution is 2.33. The van der Waals surface area contributed by atoms with Gasteiger partial charge in [-0.3, -0.25) is 9.88 Å². The molecule has 2 fully saturated rings. The van der Waals surface area contributed by atoms with Gasteiger partial charge in [-0.25, -0.2) is 4.98 Å². The molecular weight excluding hydrogens is 476 g/mol. The fourth-order valence-electron chi connectivity index (χ4n) is 5.56. The molecule has 0 radical (unpaired) electrons. The molecule has 2 aromatic rings. The number of nitrogens with zero attached hydrogens (tertiary/aromatic N) is 5. The Bertz CT molecular complexity index is 1010. The summed E-state index contributed by atoms with van der Waals surface area (Å²) in [5.74, 6) is 1.34. The average molecular weight is 525 g/mol. The van der Waals surface area contributed by atoms with Gasteiger partial charge in [-0.2, -0.15) is 0 Å². The Balaban J connectivity index is 1.51. The maximum atomic E-state index is 5.62. The van der Waals surface area contributed by atoms with Crippen LogP contribution in [0.5, 0.6) is 0 Å². The molecular formula is C30H48N6O2. The molecule has 2 saturated heterocycles. The van der Waals surface area contributed by atoms with Crippen molar-refractivity contribution in [2.24, 2.45) is 0 Å². The molecule has 0 spiro atoms. The Morgan fingerprint density at radius 1 is 1.18 bits per heavy atom. The molecule has 0 amide bonds. The summed E-state index contributed by atoms with van der Waals surface area (Å²) < 4.78 is 11.2. The second kappa shape index (κ2) is 14.2. The number of aromatic nitrogens is 2. The molecule has 0 aromatic carbocycles. The summed E-state index contributed by atoms with van der Waals surface area (Å²) in [4.78, 5) is 17.3. The van der Waals surface area contributed by atoms with Gasteiger partial charge in [0.1, 0.15) is 5.82 Å². The third-order valence-corrected chi connectivity index (χ3v) is 8.04. The van der Waals surface area contributed by atoms with Crippen LogP contribution >= 0.6 is 0 Å². The average Bonchev–Trinajstić information content (AvgIpc) is 2.91. The highest BCUT2D eigenvalue weighted by atomic mass is 16.5. The van der Waals surface area contributed by atoms with E-state index in [-0.39, 0.29) is 0 Å². The lowest BCUT2D eigenvalue weighted by Crippen LogP contribution is -2.51. The first-order valence-electron chi connectivity index (χ1n) is 14.6. The summed E-state index contributed by atoms with van der Waals surface area (Å²) in [6.07, 6.45) is 6.39. The third kappa shape index (κ3) is 7.23. The predicted molar refractivity (Wildman–Crippen MR) is 156 cm³/mol. The zero-order chi connectivity index (χ0) is 26.9. The van der Waals surface area contributed by atoms with Crippen LogP contribution in [0.25, 0.3) is 0 Å². The first-order valence-corrected chi connectivity index (χ1v) is 14.6. The summed E-state index contributed by atoms with van der Waals surface area (Å²) in [6, 6.07) is 7.18. The van der Waals surface area contributed by atoms with Crippen molar-refractivity contribution in [1.82, 2.24) is 19.8 Å². The monoisotopic (exact) mass is 524 g/mol. The molecule has 4 heterocycles. The molecule has 2 aliphatic rings. The minimum atomic E-state index is 0.483. The van der Waals surface area contributed by atoms with Gasteiger partial charge in [-0.1, -0.05) is 27.2 Å². The fourth-order valence-corrected chi connectivity index (χ4v) is 5.56. The smallest absolute Gasteiger partial charge is 0.137 e. The molecule has 210 valence electrons. The van der Waals surface area contributed by atoms with Crippen molar-refractivity contribution in [1.29, 1.82) is 0 Å². The second-order valence-electron chi connectivity index (χ2n) is 10.7. The predicted octanol–water partition coefficient (Wildman–Crippen LogP) is 4.68. The number of methoxy groups -OCH3 is 1. The normalized spacial score (nSPS) is 17.6. The van der Waals surface area contributed by atoms with Gasteiger partial charge in [0.15, 0.2) is 0 Å². The van der Waals surface area contributed by atoms with Crippen LogP contribution in [-0.2, 0) is 22.5 Å². The van der Waals surface area contributed by atoms with E-state index in [1.807, 2.05) is 6.20 Å². The maximum Gasteiger partial charge on any atom is 0.137 e. The molecule has 1 N–H and O–H groups in total. The number of pyridine rings is 2. The highest BCUT2D eigenvalue weighted by Gasteiger charge is 2.33. The third-order valence-electron chi connectivity index (χ3n) is 8.04. The van der Waals surface area contributed by atoms with Gasteiger partial charge in [0.05, 0.1) is 19.8 Å². The number of likely N-dealkylation sites (tertiary alicyclic amines) is 1. The largest absolute Gasteiger partial charge is 0.380 e. The molecule has 0 aliphatic carbocycles. The number of anilines is 3. The summed E-state index contributed by atoms with van der Waals surface area (Å²) in [7, 11) is 3.96. The minimum absolute atomic E-state index is 0.483. The molecule has 1 atom stereocenters. The first-order chi connectivity index (χ1) is 18.6. The summed E-state index contributed by atoms with van der Waals surface area (Å²) in [5, 5.41) is 3.66. The van der Waals surface area contributed by atoms with E-state index < -0.39 is 0 Å². The zero-order valence-electron chi connectivity index (χ0n) is 24.2. The molecule has 8 heteroatoms. The Labute approximate surface area is 229 Å². The molecule has 0 saturated carbocycles. The van der Waals surface area contributed by atoms with Gasteiger partial charge in [-0.15, -0.1) is 0 Å². The van der Waals surface area contributed by atoms with Crippen molar-refractivity contribution in [3.8, 4) is 0 Å². The molecule has 8 nitrogen and oxygen atoms in total. The van der Waals surface area contributed by atoms with Crippen molar-refractivity contribution < 1.29 is 9.47 Å². The Hall–Kier alpha value is -2.26. The number of rotatable bonds is 14. The summed E-state index contributed by atoms with van der Waals surface area (Å²) in [6.45, 7) is 15.0. The zero-order valence-corrected chi connectivity index (χ0v) is 24.2. The van der Waals surface area contributed by atoms with Crippen molar-refractivity contribution in [3.63, 3.8) is 0 Å². The van der Waals surface area contributed by atoms with E-state index in [1.54, 1.807) is 7.11 Å². The van der Waals surface area contributed by atoms with Crippen LogP contribution in [0.3, 0.4) is 0 Å². The molecule has 2 aliphatic heterocycles. The van der Waals surface area contributed by atoms with E-state index in [0.717, 1.165) is 88.1 Å². The Kier molecular flexibility index (Phi) is 10.8. The number of ether oxygens (including phenoxy) is 2. The van der Waals surface area contributed by atoms with Crippen LogP contribution in [0.4, 0.5) is 17.2 Å². The second-order valence-corrected chi connectivity index (χ2v) is 10.7. The van der Waals surface area contributed by atoms with Crippen molar-refractivity contribution >= 4 is 17.2 Å². The van der Waals surface area contributed by atoms with Crippen molar-refractivity contribution in [2.75, 3.05) is 76.9 Å². The van der Waals surface area contributed by atoms with Gasteiger partial charge >= 0.3 is 0 Å². The van der Waals surface area contributed by atoms with Gasteiger partial charge in [0, 0.05) is 79.8 Å². The van der Waals surface area contributed by atoms with Crippen LogP contribution in [0.15, 0.2) is 24.4 Å². The van der Waals surface area contributed by atoms with Gasteiger partial charge in [-0.05, 0) is 57.6 Å². The molecule has 38 heavy (non-hydrogen) atoms. The van der Waals surface area contributed by atoms with Crippen LogP contribution in [0.2, 0.25) is 0 Å². The topological polar surface area (TPSA) is 66.0 Å². The summed E-state index contributed by atoms with van der Waals surface area (Å²) in [5.41, 5.74) is 5.68. The van der Waals surface area contributed by atoms with Gasteiger partial charge in [0.25, 0.3) is 0 Å². The maximum absolute atomic E-state index is 5.62. The Morgan fingerprint density at radius 3 is 2.66 bits per heavy atom. The number of hydrogen-bond acceptors (Lipinski definition) is 8. The number of morpholine rings is 1. The highest BCUT2D eigenvalue weighted by molar-refractivity contribution is 5.68. The minimum Gasteiger partial charge on any atom is -0.380 e. The molecule has 2 aromatic heterocycles. The number of hydrogen-bond donors (Lipinski definition) is 1. The van der Waals surface area contributed by atoms with E-state index in [9.17, 15) is 0 Å². The fraction of sp³-hybridized carbons (Fsp3) is 0.667. The van der Waals surface area contributed by atoms with Crippen LogP contribution < -0.4 is 10.2 Å². The van der Waals surface area contributed by atoms with Gasteiger partial charge < -0.3 is 24.6 Å². The quantitative estimate of drug-likeness (QED) is 0.382.